The number of carbonyl (C=O) groups excluding carboxylic acids is 1. The number of aromatic amines is 1. The van der Waals surface area contributed by atoms with Crippen LogP contribution in [0.25, 0.3) is 0 Å². The number of H-pyrrole nitrogens is 1. The van der Waals surface area contributed by atoms with Crippen molar-refractivity contribution in [2.24, 2.45) is 0 Å². The predicted molar refractivity (Wildman–Crippen MR) is 80.5 cm³/mol. The monoisotopic (exact) mass is 285 g/mol. The number of imidazole rings is 1. The van der Waals surface area contributed by atoms with E-state index in [-0.39, 0.29) is 0 Å². The van der Waals surface area contributed by atoms with Crippen molar-refractivity contribution in [3.63, 3.8) is 0 Å². The van der Waals surface area contributed by atoms with Crippen LogP contribution >= 0.6 is 0 Å². The number of nitrogens with one attached hydrogen (secondary N) is 2. The van der Waals surface area contributed by atoms with Crippen molar-refractivity contribution in [1.82, 2.24) is 9.97 Å². The summed E-state index contributed by atoms with van der Waals surface area (Å²) in [6.45, 7) is 2.17. The molecule has 1 aliphatic rings. The Labute approximate surface area is 123 Å². The molecule has 1 aliphatic carbocycles. The maximum absolute atomic E-state index is 11.7. The zero-order chi connectivity index (χ0) is 14.7. The van der Waals surface area contributed by atoms with Gasteiger partial charge >= 0.3 is 6.09 Å². The molecule has 0 bridgehead atoms. The number of amides is 1. The number of ether oxygens (including phenoxy) is 1. The lowest BCUT2D eigenvalue weighted by Crippen LogP contribution is -2.18. The molecule has 0 spiro atoms. The number of benzene rings is 1. The largest absolute Gasteiger partial charge is 0.450 e. The maximum Gasteiger partial charge on any atom is 0.411 e. The van der Waals surface area contributed by atoms with Gasteiger partial charge in [-0.25, -0.2) is 9.78 Å². The highest BCUT2D eigenvalue weighted by Gasteiger charge is 2.25. The maximum atomic E-state index is 11.7. The Morgan fingerprint density at radius 1 is 1.52 bits per heavy atom. The molecule has 5 nitrogen and oxygen atoms in total. The van der Waals surface area contributed by atoms with Gasteiger partial charge in [-0.15, -0.1) is 0 Å². The summed E-state index contributed by atoms with van der Waals surface area (Å²) >= 11 is 0. The van der Waals surface area contributed by atoms with Crippen molar-refractivity contribution in [2.75, 3.05) is 11.9 Å². The lowest BCUT2D eigenvalue weighted by Gasteiger charge is -2.26. The molecule has 0 aliphatic heterocycles. The van der Waals surface area contributed by atoms with Gasteiger partial charge < -0.3 is 9.72 Å². The molecule has 110 valence electrons. The molecular formula is C16H19N3O2. The number of hydrogen-bond acceptors (Lipinski definition) is 3. The lowest BCUT2D eigenvalue weighted by molar-refractivity contribution is 0.168. The zero-order valence-electron chi connectivity index (χ0n) is 12.1. The van der Waals surface area contributed by atoms with E-state index in [0.29, 0.717) is 12.5 Å². The summed E-state index contributed by atoms with van der Waals surface area (Å²) in [7, 11) is 0. The summed E-state index contributed by atoms with van der Waals surface area (Å²) in [4.78, 5) is 19.1. The second kappa shape index (κ2) is 5.99. The van der Waals surface area contributed by atoms with Crippen LogP contribution in [0.15, 0.2) is 30.7 Å². The first-order valence-electron chi connectivity index (χ1n) is 7.34. The van der Waals surface area contributed by atoms with E-state index in [1.807, 2.05) is 18.3 Å². The Morgan fingerprint density at radius 2 is 2.43 bits per heavy atom. The van der Waals surface area contributed by atoms with Crippen molar-refractivity contribution in [2.45, 2.75) is 32.1 Å². The average Bonchev–Trinajstić information content (AvgIpc) is 3.01. The summed E-state index contributed by atoms with van der Waals surface area (Å²) in [6.07, 6.45) is 6.41. The van der Waals surface area contributed by atoms with Crippen LogP contribution in [0.5, 0.6) is 0 Å². The molecule has 3 rings (SSSR count). The minimum absolute atomic E-state index is 0.295. The van der Waals surface area contributed by atoms with Crippen LogP contribution in [0.3, 0.4) is 0 Å². The highest BCUT2D eigenvalue weighted by molar-refractivity contribution is 5.86. The van der Waals surface area contributed by atoms with Crippen molar-refractivity contribution >= 4 is 11.8 Å². The van der Waals surface area contributed by atoms with Crippen LogP contribution in [0.2, 0.25) is 0 Å². The van der Waals surface area contributed by atoms with Gasteiger partial charge in [0.25, 0.3) is 0 Å². The molecule has 0 fully saturated rings. The van der Waals surface area contributed by atoms with E-state index in [1.165, 1.54) is 11.1 Å². The Bertz CT molecular complexity index is 622. The Balaban J connectivity index is 1.92. The van der Waals surface area contributed by atoms with Crippen LogP contribution in [0, 0.1) is 0 Å². The molecule has 1 amide bonds. The Kier molecular flexibility index (Phi) is 3.90. The molecule has 1 aromatic carbocycles. The number of anilines is 1. The summed E-state index contributed by atoms with van der Waals surface area (Å²) in [6, 6.07) is 6.04. The molecule has 2 aromatic rings. The van der Waals surface area contributed by atoms with Crippen LogP contribution in [0.4, 0.5) is 10.5 Å². The summed E-state index contributed by atoms with van der Waals surface area (Å²) < 4.78 is 4.97. The molecule has 2 N–H and O–H groups in total. The van der Waals surface area contributed by atoms with Crippen LogP contribution < -0.4 is 5.32 Å². The number of aromatic nitrogens is 2. The first kappa shape index (κ1) is 13.7. The zero-order valence-corrected chi connectivity index (χ0v) is 12.1. The molecule has 0 radical (unpaired) electrons. The molecule has 21 heavy (non-hydrogen) atoms. The quantitative estimate of drug-likeness (QED) is 0.907. The first-order valence-corrected chi connectivity index (χ1v) is 7.34. The summed E-state index contributed by atoms with van der Waals surface area (Å²) in [5.74, 6) is 0.295. The molecular weight excluding hydrogens is 266 g/mol. The van der Waals surface area contributed by atoms with E-state index in [9.17, 15) is 4.79 Å². The third kappa shape index (κ3) is 2.77. The van der Waals surface area contributed by atoms with Crippen LogP contribution in [0.1, 0.15) is 42.5 Å². The Hall–Kier alpha value is -2.30. The van der Waals surface area contributed by atoms with Gasteiger partial charge in [-0.2, -0.15) is 0 Å². The van der Waals surface area contributed by atoms with E-state index in [4.69, 9.17) is 4.74 Å². The molecule has 1 aromatic heterocycles. The molecule has 5 heteroatoms. The molecule has 0 saturated carbocycles. The van der Waals surface area contributed by atoms with Crippen molar-refractivity contribution < 1.29 is 9.53 Å². The van der Waals surface area contributed by atoms with E-state index >= 15 is 0 Å². The second-order valence-corrected chi connectivity index (χ2v) is 5.16. The van der Waals surface area contributed by atoms with Crippen LogP contribution in [-0.4, -0.2) is 22.7 Å². The van der Waals surface area contributed by atoms with Gasteiger partial charge in [0.05, 0.1) is 18.6 Å². The van der Waals surface area contributed by atoms with Gasteiger partial charge in [-0.1, -0.05) is 12.1 Å². The third-order valence-corrected chi connectivity index (χ3v) is 3.90. The van der Waals surface area contributed by atoms with Crippen molar-refractivity contribution in [3.05, 3.63) is 47.5 Å². The van der Waals surface area contributed by atoms with Gasteiger partial charge in [-0.3, -0.25) is 5.32 Å². The van der Waals surface area contributed by atoms with Gasteiger partial charge in [0.2, 0.25) is 0 Å². The molecule has 1 atom stereocenters. The topological polar surface area (TPSA) is 67.0 Å². The van der Waals surface area contributed by atoms with Crippen molar-refractivity contribution in [3.8, 4) is 0 Å². The van der Waals surface area contributed by atoms with Crippen molar-refractivity contribution in [1.29, 1.82) is 0 Å². The number of carbonyl (C=O) groups is 1. The SMILES string of the molecule is CCOC(=O)Nc1cccc2c1CCCC2c1c[nH]cn1. The van der Waals surface area contributed by atoms with E-state index in [1.54, 1.807) is 13.3 Å². The number of fused-ring (bicyclic) bond motifs is 1. The van der Waals surface area contributed by atoms with E-state index in [2.05, 4.69) is 21.4 Å². The van der Waals surface area contributed by atoms with Gasteiger partial charge in [0.15, 0.2) is 0 Å². The smallest absolute Gasteiger partial charge is 0.411 e. The average molecular weight is 285 g/mol. The van der Waals surface area contributed by atoms with Gasteiger partial charge in [0.1, 0.15) is 0 Å². The van der Waals surface area contributed by atoms with Gasteiger partial charge in [0, 0.05) is 17.8 Å². The molecule has 1 unspecified atom stereocenters. The van der Waals surface area contributed by atoms with Crippen LogP contribution in [-0.2, 0) is 11.2 Å². The second-order valence-electron chi connectivity index (χ2n) is 5.16. The number of rotatable bonds is 3. The minimum Gasteiger partial charge on any atom is -0.450 e. The summed E-state index contributed by atoms with van der Waals surface area (Å²) in [5.41, 5.74) is 4.36. The first-order chi connectivity index (χ1) is 10.3. The lowest BCUT2D eigenvalue weighted by atomic mass is 9.80. The fourth-order valence-electron chi connectivity index (χ4n) is 3.01. The van der Waals surface area contributed by atoms with Gasteiger partial charge in [-0.05, 0) is 43.4 Å². The Morgan fingerprint density at radius 3 is 3.19 bits per heavy atom. The third-order valence-electron chi connectivity index (χ3n) is 3.90. The predicted octanol–water partition coefficient (Wildman–Crippen LogP) is 3.45. The fraction of sp³-hybridized carbons (Fsp3) is 0.375. The van der Waals surface area contributed by atoms with E-state index in [0.717, 1.165) is 30.6 Å². The molecule has 1 heterocycles. The number of nitrogens with zero attached hydrogens (tertiary/aromatic N) is 1. The normalized spacial score (nSPS) is 17.1. The molecule has 0 saturated heterocycles. The van der Waals surface area contributed by atoms with E-state index < -0.39 is 6.09 Å². The highest BCUT2D eigenvalue weighted by Crippen LogP contribution is 2.38. The number of hydrogen-bond donors (Lipinski definition) is 2. The highest BCUT2D eigenvalue weighted by atomic mass is 16.5. The standard InChI is InChI=1S/C16H19N3O2/c1-2-21-16(20)19-14-8-4-5-11-12(14)6-3-7-13(11)15-9-17-10-18-15/h4-5,8-10,13H,2-3,6-7H2,1H3,(H,17,18)(H,19,20). The minimum atomic E-state index is -0.396. The summed E-state index contributed by atoms with van der Waals surface area (Å²) in [5, 5.41) is 2.85. The fourth-order valence-corrected chi connectivity index (χ4v) is 3.01.